The number of halogens is 1. The van der Waals surface area contributed by atoms with Crippen molar-refractivity contribution in [2.45, 2.75) is 51.4 Å². The first-order chi connectivity index (χ1) is 9.52. The second kappa shape index (κ2) is 6.66. The molecule has 1 heterocycles. The molecule has 3 nitrogen and oxygen atoms in total. The van der Waals surface area contributed by atoms with Gasteiger partial charge < -0.3 is 10.5 Å². The van der Waals surface area contributed by atoms with Crippen molar-refractivity contribution in [2.24, 2.45) is 5.73 Å². The molecule has 4 atom stereocenters. The van der Waals surface area contributed by atoms with Gasteiger partial charge in [-0.1, -0.05) is 19.1 Å². The van der Waals surface area contributed by atoms with Crippen molar-refractivity contribution in [3.63, 3.8) is 0 Å². The van der Waals surface area contributed by atoms with Crippen LogP contribution in [0.15, 0.2) is 24.3 Å². The van der Waals surface area contributed by atoms with Crippen LogP contribution in [-0.2, 0) is 4.74 Å². The average Bonchev–Trinajstić information content (AvgIpc) is 2.41. The van der Waals surface area contributed by atoms with Crippen LogP contribution in [0.5, 0.6) is 0 Å². The van der Waals surface area contributed by atoms with Gasteiger partial charge in [0.2, 0.25) is 0 Å². The van der Waals surface area contributed by atoms with Crippen molar-refractivity contribution >= 4 is 0 Å². The van der Waals surface area contributed by atoms with Gasteiger partial charge in [-0.15, -0.1) is 0 Å². The quantitative estimate of drug-likeness (QED) is 0.921. The van der Waals surface area contributed by atoms with Crippen molar-refractivity contribution in [3.8, 4) is 0 Å². The van der Waals surface area contributed by atoms with Crippen LogP contribution >= 0.6 is 0 Å². The summed E-state index contributed by atoms with van der Waals surface area (Å²) in [5.41, 5.74) is 7.30. The van der Waals surface area contributed by atoms with E-state index in [9.17, 15) is 4.39 Å². The van der Waals surface area contributed by atoms with Gasteiger partial charge in [-0.3, -0.25) is 4.90 Å². The first-order valence-electron chi connectivity index (χ1n) is 7.41. The maximum Gasteiger partial charge on any atom is 0.123 e. The van der Waals surface area contributed by atoms with Gasteiger partial charge in [0, 0.05) is 18.6 Å². The molecule has 4 unspecified atom stereocenters. The molecule has 2 rings (SSSR count). The van der Waals surface area contributed by atoms with Gasteiger partial charge in [0.05, 0.1) is 18.8 Å². The number of morpholine rings is 1. The predicted molar refractivity (Wildman–Crippen MR) is 79.0 cm³/mol. The monoisotopic (exact) mass is 280 g/mol. The Hall–Kier alpha value is -0.970. The fourth-order valence-electron chi connectivity index (χ4n) is 3.02. The number of benzene rings is 1. The molecule has 112 valence electrons. The Morgan fingerprint density at radius 2 is 2.05 bits per heavy atom. The molecule has 1 aliphatic rings. The molecule has 1 aromatic rings. The zero-order valence-electron chi connectivity index (χ0n) is 12.6. The minimum Gasteiger partial charge on any atom is -0.376 e. The number of nitrogens with zero attached hydrogens (tertiary/aromatic N) is 1. The molecule has 0 aromatic heterocycles. The van der Waals surface area contributed by atoms with E-state index in [1.807, 2.05) is 19.1 Å². The van der Waals surface area contributed by atoms with E-state index in [1.165, 1.54) is 12.1 Å². The number of hydrogen-bond acceptors (Lipinski definition) is 3. The van der Waals surface area contributed by atoms with E-state index in [0.717, 1.165) is 25.1 Å². The highest BCUT2D eigenvalue weighted by Gasteiger charge is 2.33. The molecular weight excluding hydrogens is 255 g/mol. The standard InChI is InChI=1S/C16H25FN2O/c1-4-15-10-20-11(2)9-19(15)16(12(3)18)13-5-7-14(17)8-6-13/h5-8,11-12,15-16H,4,9-10,18H2,1-3H3. The Morgan fingerprint density at radius 3 is 2.60 bits per heavy atom. The van der Waals surface area contributed by atoms with Crippen LogP contribution < -0.4 is 5.73 Å². The summed E-state index contributed by atoms with van der Waals surface area (Å²) in [5.74, 6) is -0.209. The smallest absolute Gasteiger partial charge is 0.123 e. The van der Waals surface area contributed by atoms with E-state index in [-0.39, 0.29) is 24.0 Å². The lowest BCUT2D eigenvalue weighted by molar-refractivity contribution is -0.0762. The average molecular weight is 280 g/mol. The zero-order valence-corrected chi connectivity index (χ0v) is 12.6. The molecule has 1 aromatic carbocycles. The Kier molecular flexibility index (Phi) is 5.13. The maximum atomic E-state index is 13.1. The third-order valence-electron chi connectivity index (χ3n) is 4.05. The summed E-state index contributed by atoms with van der Waals surface area (Å²) < 4.78 is 18.9. The molecule has 4 heteroatoms. The summed E-state index contributed by atoms with van der Waals surface area (Å²) in [6.07, 6.45) is 1.23. The molecule has 20 heavy (non-hydrogen) atoms. The predicted octanol–water partition coefficient (Wildman–Crippen LogP) is 2.71. The Labute approximate surface area is 120 Å². The van der Waals surface area contributed by atoms with E-state index in [1.54, 1.807) is 0 Å². The molecule has 0 bridgehead atoms. The van der Waals surface area contributed by atoms with Crippen LogP contribution in [-0.4, -0.2) is 36.2 Å². The molecule has 2 N–H and O–H groups in total. The van der Waals surface area contributed by atoms with Gasteiger partial charge in [-0.25, -0.2) is 4.39 Å². The summed E-state index contributed by atoms with van der Waals surface area (Å²) in [6.45, 7) is 7.87. The third kappa shape index (κ3) is 3.37. The van der Waals surface area contributed by atoms with Gasteiger partial charge in [0.15, 0.2) is 0 Å². The first-order valence-corrected chi connectivity index (χ1v) is 7.41. The minimum absolute atomic E-state index is 0.0141. The van der Waals surface area contributed by atoms with Crippen molar-refractivity contribution in [1.82, 2.24) is 4.90 Å². The summed E-state index contributed by atoms with van der Waals surface area (Å²) >= 11 is 0. The highest BCUT2D eigenvalue weighted by Crippen LogP contribution is 2.29. The van der Waals surface area contributed by atoms with Crippen molar-refractivity contribution in [2.75, 3.05) is 13.2 Å². The van der Waals surface area contributed by atoms with Crippen LogP contribution in [0.1, 0.15) is 38.8 Å². The largest absolute Gasteiger partial charge is 0.376 e. The number of nitrogens with two attached hydrogens (primary N) is 1. The molecule has 0 amide bonds. The number of hydrogen-bond donors (Lipinski definition) is 1. The minimum atomic E-state index is -0.209. The van der Waals surface area contributed by atoms with E-state index >= 15 is 0 Å². The summed E-state index contributed by atoms with van der Waals surface area (Å²) in [7, 11) is 0. The summed E-state index contributed by atoms with van der Waals surface area (Å²) in [5, 5.41) is 0. The lowest BCUT2D eigenvalue weighted by Gasteiger charge is -2.44. The summed E-state index contributed by atoms with van der Waals surface area (Å²) in [4.78, 5) is 2.42. The topological polar surface area (TPSA) is 38.5 Å². The highest BCUT2D eigenvalue weighted by molar-refractivity contribution is 5.22. The number of rotatable bonds is 4. The Morgan fingerprint density at radius 1 is 1.40 bits per heavy atom. The second-order valence-electron chi connectivity index (χ2n) is 5.76. The normalized spacial score (nSPS) is 27.2. The van der Waals surface area contributed by atoms with Gasteiger partial charge in [-0.05, 0) is 38.0 Å². The van der Waals surface area contributed by atoms with Gasteiger partial charge in [0.25, 0.3) is 0 Å². The first kappa shape index (κ1) is 15.4. The van der Waals surface area contributed by atoms with Crippen LogP contribution in [0.25, 0.3) is 0 Å². The lowest BCUT2D eigenvalue weighted by atomic mass is 9.95. The van der Waals surface area contributed by atoms with Crippen molar-refractivity contribution in [1.29, 1.82) is 0 Å². The van der Waals surface area contributed by atoms with Crippen molar-refractivity contribution < 1.29 is 9.13 Å². The van der Waals surface area contributed by atoms with E-state index in [0.29, 0.717) is 6.04 Å². The molecule has 0 spiro atoms. The molecular formula is C16H25FN2O. The number of ether oxygens (including phenoxy) is 1. The van der Waals surface area contributed by atoms with Gasteiger partial charge in [-0.2, -0.15) is 0 Å². The van der Waals surface area contributed by atoms with E-state index in [4.69, 9.17) is 10.5 Å². The molecule has 0 radical (unpaired) electrons. The third-order valence-corrected chi connectivity index (χ3v) is 4.05. The highest BCUT2D eigenvalue weighted by atomic mass is 19.1. The zero-order chi connectivity index (χ0) is 14.7. The lowest BCUT2D eigenvalue weighted by Crippen LogP contribution is -2.53. The molecule has 1 aliphatic heterocycles. The van der Waals surface area contributed by atoms with E-state index < -0.39 is 0 Å². The molecule has 0 saturated carbocycles. The molecule has 0 aliphatic carbocycles. The SMILES string of the molecule is CCC1COC(C)CN1C(c1ccc(F)cc1)C(C)N. The molecule has 1 saturated heterocycles. The maximum absolute atomic E-state index is 13.1. The Bertz CT molecular complexity index is 421. The Balaban J connectivity index is 2.28. The van der Waals surface area contributed by atoms with Crippen LogP contribution in [0.2, 0.25) is 0 Å². The fourth-order valence-corrected chi connectivity index (χ4v) is 3.02. The van der Waals surface area contributed by atoms with Crippen LogP contribution in [0.3, 0.4) is 0 Å². The fraction of sp³-hybridized carbons (Fsp3) is 0.625. The van der Waals surface area contributed by atoms with Gasteiger partial charge in [0.1, 0.15) is 5.82 Å². The van der Waals surface area contributed by atoms with Crippen LogP contribution in [0, 0.1) is 5.82 Å². The van der Waals surface area contributed by atoms with Gasteiger partial charge >= 0.3 is 0 Å². The second-order valence-corrected chi connectivity index (χ2v) is 5.76. The van der Waals surface area contributed by atoms with E-state index in [2.05, 4.69) is 18.7 Å². The summed E-state index contributed by atoms with van der Waals surface area (Å²) in [6, 6.07) is 7.16. The van der Waals surface area contributed by atoms with Crippen LogP contribution in [0.4, 0.5) is 4.39 Å². The van der Waals surface area contributed by atoms with Crippen molar-refractivity contribution in [3.05, 3.63) is 35.6 Å². The molecule has 1 fully saturated rings.